The first-order valence-electron chi connectivity index (χ1n) is 4.77. The van der Waals surface area contributed by atoms with E-state index in [0.29, 0.717) is 12.4 Å². The summed E-state index contributed by atoms with van der Waals surface area (Å²) >= 11 is 0. The molecule has 0 saturated carbocycles. The molecule has 4 N–H and O–H groups in total. The molecular formula is C9H11N5O2S. The molecule has 8 heteroatoms. The van der Waals surface area contributed by atoms with Gasteiger partial charge in [-0.05, 0) is 24.3 Å². The number of aromatic amines is 1. The first kappa shape index (κ1) is 11.6. The molecule has 1 aromatic carbocycles. The van der Waals surface area contributed by atoms with Crippen molar-refractivity contribution in [3.63, 3.8) is 0 Å². The Kier molecular flexibility index (Phi) is 3.07. The number of hydrogen-bond acceptors (Lipinski definition) is 5. The summed E-state index contributed by atoms with van der Waals surface area (Å²) in [6, 6.07) is 6.16. The van der Waals surface area contributed by atoms with Crippen LogP contribution in [0.15, 0.2) is 35.5 Å². The lowest BCUT2D eigenvalue weighted by Gasteiger charge is -2.04. The van der Waals surface area contributed by atoms with Crippen LogP contribution < -0.4 is 10.5 Å². The summed E-state index contributed by atoms with van der Waals surface area (Å²) in [5, 5.41) is 14.5. The fraction of sp³-hybridized carbons (Fsp3) is 0.111. The summed E-state index contributed by atoms with van der Waals surface area (Å²) in [7, 11) is -3.63. The summed E-state index contributed by atoms with van der Waals surface area (Å²) in [4.78, 5) is 4.03. The van der Waals surface area contributed by atoms with Gasteiger partial charge in [0.05, 0.1) is 11.4 Å². The predicted molar refractivity (Wildman–Crippen MR) is 61.5 cm³/mol. The highest BCUT2D eigenvalue weighted by Gasteiger charge is 2.06. The predicted octanol–water partition coefficient (Wildman–Crippen LogP) is 0.0642. The van der Waals surface area contributed by atoms with Gasteiger partial charge in [-0.1, -0.05) is 0 Å². The lowest BCUT2D eigenvalue weighted by molar-refractivity contribution is 0.598. The highest BCUT2D eigenvalue weighted by atomic mass is 32.2. The molecule has 90 valence electrons. The van der Waals surface area contributed by atoms with Gasteiger partial charge in [0.2, 0.25) is 10.0 Å². The third-order valence-electron chi connectivity index (χ3n) is 2.11. The Labute approximate surface area is 98.1 Å². The van der Waals surface area contributed by atoms with E-state index in [9.17, 15) is 8.42 Å². The van der Waals surface area contributed by atoms with Crippen LogP contribution in [0.3, 0.4) is 0 Å². The first-order chi connectivity index (χ1) is 8.05. The molecule has 0 bridgehead atoms. The van der Waals surface area contributed by atoms with Gasteiger partial charge in [-0.15, -0.1) is 0 Å². The molecule has 0 unspecified atom stereocenters. The molecule has 2 rings (SSSR count). The third-order valence-corrected chi connectivity index (χ3v) is 3.04. The molecule has 0 saturated heterocycles. The highest BCUT2D eigenvalue weighted by Crippen LogP contribution is 2.12. The van der Waals surface area contributed by atoms with Crippen LogP contribution in [0.1, 0.15) is 5.82 Å². The number of nitrogens with two attached hydrogens (primary N) is 1. The molecule has 0 radical (unpaired) electrons. The SMILES string of the molecule is NS(=O)(=O)c1ccc(NCc2ncn[nH]2)cc1. The van der Waals surface area contributed by atoms with Crippen molar-refractivity contribution in [1.29, 1.82) is 0 Å². The molecule has 2 aromatic rings. The molecule has 1 heterocycles. The Morgan fingerprint density at radius 2 is 2.00 bits per heavy atom. The van der Waals surface area contributed by atoms with Crippen molar-refractivity contribution in [2.24, 2.45) is 5.14 Å². The minimum Gasteiger partial charge on any atom is -0.378 e. The second kappa shape index (κ2) is 4.52. The van der Waals surface area contributed by atoms with Crippen molar-refractivity contribution >= 4 is 15.7 Å². The van der Waals surface area contributed by atoms with E-state index < -0.39 is 10.0 Å². The van der Waals surface area contributed by atoms with E-state index in [4.69, 9.17) is 5.14 Å². The molecule has 0 amide bonds. The number of aromatic nitrogens is 3. The molecular weight excluding hydrogens is 242 g/mol. The Morgan fingerprint density at radius 1 is 1.29 bits per heavy atom. The normalized spacial score (nSPS) is 11.4. The number of H-pyrrole nitrogens is 1. The molecule has 17 heavy (non-hydrogen) atoms. The van der Waals surface area contributed by atoms with Gasteiger partial charge in [0, 0.05) is 5.69 Å². The Bertz CT molecular complexity index is 576. The minimum atomic E-state index is -3.63. The molecule has 0 spiro atoms. The standard InChI is InChI=1S/C9H11N5O2S/c10-17(15,16)8-3-1-7(2-4-8)11-5-9-12-6-13-14-9/h1-4,6,11H,5H2,(H2,10,15,16)(H,12,13,14). The van der Waals surface area contributed by atoms with E-state index in [1.165, 1.54) is 18.5 Å². The number of rotatable bonds is 4. The van der Waals surface area contributed by atoms with E-state index in [-0.39, 0.29) is 4.90 Å². The zero-order chi connectivity index (χ0) is 12.3. The van der Waals surface area contributed by atoms with Crippen molar-refractivity contribution in [2.45, 2.75) is 11.4 Å². The van der Waals surface area contributed by atoms with Crippen molar-refractivity contribution in [3.8, 4) is 0 Å². The third kappa shape index (κ3) is 3.02. The van der Waals surface area contributed by atoms with Crippen LogP contribution in [0.2, 0.25) is 0 Å². The van der Waals surface area contributed by atoms with Crippen LogP contribution in [-0.2, 0) is 16.6 Å². The van der Waals surface area contributed by atoms with E-state index in [1.807, 2.05) is 0 Å². The van der Waals surface area contributed by atoms with Crippen molar-refractivity contribution < 1.29 is 8.42 Å². The molecule has 0 atom stereocenters. The molecule has 0 fully saturated rings. The Balaban J connectivity index is 2.04. The Morgan fingerprint density at radius 3 is 2.53 bits per heavy atom. The van der Waals surface area contributed by atoms with Gasteiger partial charge in [-0.25, -0.2) is 18.5 Å². The van der Waals surface area contributed by atoms with Crippen LogP contribution in [0.25, 0.3) is 0 Å². The number of hydrogen-bond donors (Lipinski definition) is 3. The summed E-state index contributed by atoms with van der Waals surface area (Å²) in [5.41, 5.74) is 0.772. The maximum absolute atomic E-state index is 11.0. The van der Waals surface area contributed by atoms with Gasteiger partial charge in [0.1, 0.15) is 12.2 Å². The summed E-state index contributed by atoms with van der Waals surface area (Å²) in [6.07, 6.45) is 1.42. The average Bonchev–Trinajstić information content (AvgIpc) is 2.78. The van der Waals surface area contributed by atoms with E-state index >= 15 is 0 Å². The van der Waals surface area contributed by atoms with Gasteiger partial charge in [-0.2, -0.15) is 5.10 Å². The summed E-state index contributed by atoms with van der Waals surface area (Å²) in [5.74, 6) is 0.695. The molecule has 0 aliphatic heterocycles. The number of sulfonamides is 1. The lowest BCUT2D eigenvalue weighted by atomic mass is 10.3. The van der Waals surface area contributed by atoms with Crippen LogP contribution in [0, 0.1) is 0 Å². The molecule has 0 aliphatic rings. The van der Waals surface area contributed by atoms with E-state index in [2.05, 4.69) is 20.5 Å². The zero-order valence-corrected chi connectivity index (χ0v) is 9.61. The molecule has 1 aromatic heterocycles. The number of nitrogens with one attached hydrogen (secondary N) is 2. The molecule has 7 nitrogen and oxygen atoms in total. The fourth-order valence-corrected chi connectivity index (χ4v) is 1.78. The van der Waals surface area contributed by atoms with Crippen LogP contribution in [0.4, 0.5) is 5.69 Å². The minimum absolute atomic E-state index is 0.0858. The lowest BCUT2D eigenvalue weighted by Crippen LogP contribution is -2.12. The van der Waals surface area contributed by atoms with Gasteiger partial charge >= 0.3 is 0 Å². The van der Waals surface area contributed by atoms with Crippen LogP contribution >= 0.6 is 0 Å². The number of anilines is 1. The van der Waals surface area contributed by atoms with Crippen molar-refractivity contribution in [2.75, 3.05) is 5.32 Å². The van der Waals surface area contributed by atoms with Gasteiger partial charge < -0.3 is 5.32 Å². The largest absolute Gasteiger partial charge is 0.378 e. The number of benzene rings is 1. The average molecular weight is 253 g/mol. The van der Waals surface area contributed by atoms with Crippen LogP contribution in [-0.4, -0.2) is 23.6 Å². The summed E-state index contributed by atoms with van der Waals surface area (Å²) in [6.45, 7) is 0.481. The van der Waals surface area contributed by atoms with Gasteiger partial charge in [0.25, 0.3) is 0 Å². The maximum atomic E-state index is 11.0. The van der Waals surface area contributed by atoms with E-state index in [1.54, 1.807) is 12.1 Å². The maximum Gasteiger partial charge on any atom is 0.238 e. The van der Waals surface area contributed by atoms with Crippen LogP contribution in [0.5, 0.6) is 0 Å². The smallest absolute Gasteiger partial charge is 0.238 e. The zero-order valence-electron chi connectivity index (χ0n) is 8.79. The topological polar surface area (TPSA) is 114 Å². The van der Waals surface area contributed by atoms with Crippen molar-refractivity contribution in [3.05, 3.63) is 36.4 Å². The van der Waals surface area contributed by atoms with Gasteiger partial charge in [0.15, 0.2) is 0 Å². The van der Waals surface area contributed by atoms with Crippen molar-refractivity contribution in [1.82, 2.24) is 15.2 Å². The first-order valence-corrected chi connectivity index (χ1v) is 6.31. The second-order valence-corrected chi connectivity index (χ2v) is 4.92. The summed E-state index contributed by atoms with van der Waals surface area (Å²) < 4.78 is 22.0. The monoisotopic (exact) mass is 253 g/mol. The number of nitrogens with zero attached hydrogens (tertiary/aromatic N) is 2. The molecule has 0 aliphatic carbocycles. The fourth-order valence-electron chi connectivity index (χ4n) is 1.26. The van der Waals surface area contributed by atoms with E-state index in [0.717, 1.165) is 5.69 Å². The number of primary sulfonamides is 1. The highest BCUT2D eigenvalue weighted by molar-refractivity contribution is 7.89. The second-order valence-electron chi connectivity index (χ2n) is 3.36. The Hall–Kier alpha value is -1.93. The van der Waals surface area contributed by atoms with Gasteiger partial charge in [-0.3, -0.25) is 5.10 Å². The quantitative estimate of drug-likeness (QED) is 0.713.